The van der Waals surface area contributed by atoms with Crippen molar-refractivity contribution < 1.29 is 9.90 Å². The molecule has 0 aliphatic carbocycles. The number of piperidine rings is 1. The number of carbonyl (C=O) groups is 1. The molecule has 1 saturated heterocycles. The number of nitrogens with one attached hydrogen (secondary N) is 2. The van der Waals surface area contributed by atoms with Gasteiger partial charge in [0.15, 0.2) is 0 Å². The summed E-state index contributed by atoms with van der Waals surface area (Å²) < 4.78 is 0. The van der Waals surface area contributed by atoms with Gasteiger partial charge in [-0.2, -0.15) is 0 Å². The molecule has 0 saturated carbocycles. The Balaban J connectivity index is 2.92. The summed E-state index contributed by atoms with van der Waals surface area (Å²) >= 11 is 0. The average Bonchev–Trinajstić information content (AvgIpc) is 2.18. The van der Waals surface area contributed by atoms with Crippen molar-refractivity contribution in [3.8, 4) is 0 Å². The van der Waals surface area contributed by atoms with E-state index < -0.39 is 5.91 Å². The molecule has 5 nitrogen and oxygen atoms in total. The summed E-state index contributed by atoms with van der Waals surface area (Å²) in [6, 6.07) is 0. The van der Waals surface area contributed by atoms with Crippen LogP contribution in [0.2, 0.25) is 0 Å². The Morgan fingerprint density at radius 1 is 1.47 bits per heavy atom. The second-order valence-corrected chi connectivity index (χ2v) is 3.77. The first-order valence-corrected chi connectivity index (χ1v) is 5.03. The molecule has 0 atom stereocenters. The van der Waals surface area contributed by atoms with Gasteiger partial charge in [0.2, 0.25) is 0 Å². The molecule has 0 radical (unpaired) electrons. The van der Waals surface area contributed by atoms with E-state index in [0.717, 1.165) is 25.9 Å². The van der Waals surface area contributed by atoms with Gasteiger partial charge in [-0.3, -0.25) is 4.79 Å². The summed E-state index contributed by atoms with van der Waals surface area (Å²) in [6.07, 6.45) is 1.55. The van der Waals surface area contributed by atoms with Gasteiger partial charge in [-0.1, -0.05) is 0 Å². The van der Waals surface area contributed by atoms with Crippen LogP contribution in [0, 0.1) is 11.3 Å². The largest absolute Gasteiger partial charge is 0.511 e. The molecule has 1 aliphatic heterocycles. The van der Waals surface area contributed by atoms with Crippen LogP contribution >= 0.6 is 0 Å². The van der Waals surface area contributed by atoms with Gasteiger partial charge in [-0.15, -0.1) is 0 Å². The molecule has 84 valence electrons. The number of allylic oxidation sites excluding steroid dienone is 1. The molecule has 1 heterocycles. The number of nitrogens with two attached hydrogens (primary N) is 1. The molecule has 5 N–H and O–H groups in total. The van der Waals surface area contributed by atoms with E-state index in [4.69, 9.17) is 11.1 Å². The zero-order chi connectivity index (χ0) is 11.4. The zero-order valence-electron chi connectivity index (χ0n) is 8.84. The lowest BCUT2D eigenvalue weighted by molar-refractivity contribution is -0.114. The van der Waals surface area contributed by atoms with Crippen molar-refractivity contribution in [2.45, 2.75) is 19.8 Å². The van der Waals surface area contributed by atoms with Gasteiger partial charge in [0.25, 0.3) is 5.91 Å². The highest BCUT2D eigenvalue weighted by Crippen LogP contribution is 2.22. The van der Waals surface area contributed by atoms with Crippen LogP contribution in [0.3, 0.4) is 0 Å². The number of aliphatic hydroxyl groups is 1. The molecule has 1 fully saturated rings. The van der Waals surface area contributed by atoms with Gasteiger partial charge in [0.05, 0.1) is 5.57 Å². The molecule has 0 aromatic rings. The lowest BCUT2D eigenvalue weighted by atomic mass is 9.92. The van der Waals surface area contributed by atoms with Crippen molar-refractivity contribution in [2.75, 3.05) is 13.1 Å². The summed E-state index contributed by atoms with van der Waals surface area (Å²) in [7, 11) is 0. The van der Waals surface area contributed by atoms with E-state index in [1.807, 2.05) is 0 Å². The van der Waals surface area contributed by atoms with Gasteiger partial charge in [0.1, 0.15) is 5.76 Å². The van der Waals surface area contributed by atoms with Gasteiger partial charge in [0, 0.05) is 11.6 Å². The van der Waals surface area contributed by atoms with E-state index in [-0.39, 0.29) is 23.0 Å². The van der Waals surface area contributed by atoms with Crippen molar-refractivity contribution in [3.05, 3.63) is 11.3 Å². The van der Waals surface area contributed by atoms with E-state index in [1.165, 1.54) is 6.92 Å². The molecule has 5 heteroatoms. The minimum absolute atomic E-state index is 0.0171. The van der Waals surface area contributed by atoms with Crippen LogP contribution in [0.25, 0.3) is 0 Å². The van der Waals surface area contributed by atoms with E-state index in [0.29, 0.717) is 0 Å². The zero-order valence-corrected chi connectivity index (χ0v) is 8.84. The molecule has 1 amide bonds. The van der Waals surface area contributed by atoms with Crippen LogP contribution < -0.4 is 11.1 Å². The standard InChI is InChI=1S/C10H17N3O2/c1-6(11)8(10(12)15)9(14)7-2-4-13-5-3-7/h7,11,13-14H,2-5H2,1H3,(H2,12,15)/b9-8+,11-6?. The minimum Gasteiger partial charge on any atom is -0.511 e. The Hall–Kier alpha value is -1.36. The topological polar surface area (TPSA) is 99.2 Å². The molecule has 1 rings (SSSR count). The molecule has 1 aliphatic rings. The number of carbonyl (C=O) groups excluding carboxylic acids is 1. The second-order valence-electron chi connectivity index (χ2n) is 3.77. The first-order valence-electron chi connectivity index (χ1n) is 5.03. The van der Waals surface area contributed by atoms with Gasteiger partial charge in [-0.25, -0.2) is 0 Å². The van der Waals surface area contributed by atoms with Crippen molar-refractivity contribution in [1.29, 1.82) is 5.41 Å². The first kappa shape index (κ1) is 11.7. The molecule has 0 spiro atoms. The summed E-state index contributed by atoms with van der Waals surface area (Å²) in [6.45, 7) is 3.09. The summed E-state index contributed by atoms with van der Waals surface area (Å²) in [5, 5.41) is 20.4. The van der Waals surface area contributed by atoms with Gasteiger partial charge >= 0.3 is 0 Å². The number of amides is 1. The highest BCUT2D eigenvalue weighted by molar-refractivity contribution is 6.19. The maximum Gasteiger partial charge on any atom is 0.253 e. The number of primary amides is 1. The Kier molecular flexibility index (Phi) is 3.85. The SMILES string of the molecule is CC(=N)/C(C(N)=O)=C(\O)C1CCNCC1. The predicted octanol–water partition coefficient (Wildman–Crippen LogP) is 0.323. The highest BCUT2D eigenvalue weighted by Gasteiger charge is 2.23. The summed E-state index contributed by atoms with van der Waals surface area (Å²) in [4.78, 5) is 11.1. The fraction of sp³-hybridized carbons (Fsp3) is 0.600. The van der Waals surface area contributed by atoms with E-state index >= 15 is 0 Å². The van der Waals surface area contributed by atoms with Crippen LogP contribution in [0.4, 0.5) is 0 Å². The molecule has 0 aromatic heterocycles. The molecular weight excluding hydrogens is 194 g/mol. The Bertz CT molecular complexity index is 288. The Morgan fingerprint density at radius 3 is 2.40 bits per heavy atom. The van der Waals surface area contributed by atoms with Crippen molar-refractivity contribution >= 4 is 11.6 Å². The number of hydrogen-bond acceptors (Lipinski definition) is 4. The average molecular weight is 211 g/mol. The van der Waals surface area contributed by atoms with E-state index in [1.54, 1.807) is 0 Å². The van der Waals surface area contributed by atoms with Crippen LogP contribution in [-0.2, 0) is 4.79 Å². The van der Waals surface area contributed by atoms with E-state index in [2.05, 4.69) is 5.32 Å². The third kappa shape index (κ3) is 2.79. The second kappa shape index (κ2) is 4.93. The van der Waals surface area contributed by atoms with Crippen molar-refractivity contribution in [3.63, 3.8) is 0 Å². The quantitative estimate of drug-likeness (QED) is 0.307. The number of aliphatic hydroxyl groups excluding tert-OH is 1. The van der Waals surface area contributed by atoms with Crippen molar-refractivity contribution in [2.24, 2.45) is 11.7 Å². The molecule has 0 unspecified atom stereocenters. The van der Waals surface area contributed by atoms with Gasteiger partial charge < -0.3 is 21.6 Å². The minimum atomic E-state index is -0.724. The van der Waals surface area contributed by atoms with Gasteiger partial charge in [-0.05, 0) is 32.9 Å². The Labute approximate surface area is 88.9 Å². The molecule has 15 heavy (non-hydrogen) atoms. The van der Waals surface area contributed by atoms with Crippen LogP contribution in [-0.4, -0.2) is 29.8 Å². The lowest BCUT2D eigenvalue weighted by Gasteiger charge is -2.23. The van der Waals surface area contributed by atoms with Crippen LogP contribution in [0.1, 0.15) is 19.8 Å². The first-order chi connectivity index (χ1) is 7.04. The third-order valence-electron chi connectivity index (χ3n) is 2.60. The van der Waals surface area contributed by atoms with Crippen molar-refractivity contribution in [1.82, 2.24) is 5.32 Å². The molecule has 0 aromatic carbocycles. The molecule has 0 bridgehead atoms. The fourth-order valence-electron chi connectivity index (χ4n) is 1.80. The Morgan fingerprint density at radius 2 is 2.00 bits per heavy atom. The monoisotopic (exact) mass is 211 g/mol. The third-order valence-corrected chi connectivity index (χ3v) is 2.60. The smallest absolute Gasteiger partial charge is 0.253 e. The highest BCUT2D eigenvalue weighted by atomic mass is 16.3. The summed E-state index contributed by atoms with van der Waals surface area (Å²) in [5.74, 6) is -0.788. The number of rotatable bonds is 3. The van der Waals surface area contributed by atoms with Crippen LogP contribution in [0.15, 0.2) is 11.3 Å². The lowest BCUT2D eigenvalue weighted by Crippen LogP contribution is -2.31. The maximum atomic E-state index is 11.1. The maximum absolute atomic E-state index is 11.1. The summed E-state index contributed by atoms with van der Waals surface area (Å²) in [5.41, 5.74) is 5.13. The fourth-order valence-corrected chi connectivity index (χ4v) is 1.80. The van der Waals surface area contributed by atoms with E-state index in [9.17, 15) is 9.90 Å². The normalized spacial score (nSPS) is 19.5. The molecular formula is C10H17N3O2. The van der Waals surface area contributed by atoms with Crippen LogP contribution in [0.5, 0.6) is 0 Å². The predicted molar refractivity (Wildman–Crippen MR) is 57.8 cm³/mol. The number of hydrogen-bond donors (Lipinski definition) is 4.